The lowest BCUT2D eigenvalue weighted by atomic mass is 10.3. The van der Waals surface area contributed by atoms with Gasteiger partial charge in [-0.2, -0.15) is 0 Å². The molecular formula is C13H15NO2. The molecule has 1 amide bonds. The number of benzene rings is 1. The molecule has 1 aromatic rings. The second-order valence-electron chi connectivity index (χ2n) is 3.21. The van der Waals surface area contributed by atoms with Crippen molar-refractivity contribution in [3.63, 3.8) is 0 Å². The van der Waals surface area contributed by atoms with E-state index in [1.807, 2.05) is 30.3 Å². The number of hydrogen-bond donors (Lipinski definition) is 0. The molecule has 0 N–H and O–H groups in total. The van der Waals surface area contributed by atoms with E-state index in [-0.39, 0.29) is 6.10 Å². The van der Waals surface area contributed by atoms with Crippen LogP contribution in [0.25, 0.3) is 0 Å². The summed E-state index contributed by atoms with van der Waals surface area (Å²) in [6.45, 7) is 8.89. The summed E-state index contributed by atoms with van der Waals surface area (Å²) in [6, 6.07) is 9.18. The number of ether oxygens (including phenoxy) is 1. The van der Waals surface area contributed by atoms with Crippen LogP contribution in [0.4, 0.5) is 10.5 Å². The highest BCUT2D eigenvalue weighted by molar-refractivity contribution is 5.89. The molecule has 0 aliphatic heterocycles. The molecule has 1 unspecified atom stereocenters. The summed E-state index contributed by atoms with van der Waals surface area (Å²) in [5, 5.41) is 0. The van der Waals surface area contributed by atoms with Gasteiger partial charge in [0.25, 0.3) is 0 Å². The van der Waals surface area contributed by atoms with E-state index in [0.29, 0.717) is 0 Å². The van der Waals surface area contributed by atoms with Crippen molar-refractivity contribution in [3.05, 3.63) is 55.8 Å². The number of para-hydroxylation sites is 1. The molecular weight excluding hydrogens is 202 g/mol. The van der Waals surface area contributed by atoms with Crippen LogP contribution in [0.2, 0.25) is 0 Å². The Labute approximate surface area is 95.6 Å². The van der Waals surface area contributed by atoms with Gasteiger partial charge in [-0.15, -0.1) is 0 Å². The first-order chi connectivity index (χ1) is 7.69. The van der Waals surface area contributed by atoms with Crippen molar-refractivity contribution in [2.24, 2.45) is 0 Å². The first-order valence-electron chi connectivity index (χ1n) is 4.99. The number of nitrogens with zero attached hydrogens (tertiary/aromatic N) is 1. The van der Waals surface area contributed by atoms with Crippen molar-refractivity contribution in [2.75, 3.05) is 4.90 Å². The Balaban J connectivity index is 2.79. The Bertz CT molecular complexity index is 373. The van der Waals surface area contributed by atoms with Crippen molar-refractivity contribution in [3.8, 4) is 0 Å². The normalized spacial score (nSPS) is 11.3. The molecule has 1 aromatic carbocycles. The fourth-order valence-electron chi connectivity index (χ4n) is 1.14. The summed E-state index contributed by atoms with van der Waals surface area (Å²) in [6.07, 6.45) is 2.20. The van der Waals surface area contributed by atoms with Crippen molar-refractivity contribution in [1.29, 1.82) is 0 Å². The third-order valence-electron chi connectivity index (χ3n) is 2.03. The van der Waals surface area contributed by atoms with E-state index < -0.39 is 6.09 Å². The van der Waals surface area contributed by atoms with Crippen molar-refractivity contribution >= 4 is 11.8 Å². The minimum absolute atomic E-state index is 0.321. The number of carbonyl (C=O) groups is 1. The molecule has 1 atom stereocenters. The molecule has 0 spiro atoms. The quantitative estimate of drug-likeness (QED) is 0.724. The van der Waals surface area contributed by atoms with Crippen molar-refractivity contribution in [1.82, 2.24) is 0 Å². The Hall–Kier alpha value is -2.03. The Morgan fingerprint density at radius 1 is 1.38 bits per heavy atom. The largest absolute Gasteiger partial charge is 0.442 e. The predicted octanol–water partition coefficient (Wildman–Crippen LogP) is 3.35. The van der Waals surface area contributed by atoms with E-state index in [0.717, 1.165) is 5.69 Å². The lowest BCUT2D eigenvalue weighted by Crippen LogP contribution is -2.28. The van der Waals surface area contributed by atoms with Crippen LogP contribution < -0.4 is 4.90 Å². The highest BCUT2D eigenvalue weighted by Gasteiger charge is 2.15. The molecule has 0 saturated carbocycles. The third-order valence-corrected chi connectivity index (χ3v) is 2.03. The van der Waals surface area contributed by atoms with Crippen LogP contribution in [0.5, 0.6) is 0 Å². The smallest absolute Gasteiger partial charge is 0.419 e. The van der Waals surface area contributed by atoms with Gasteiger partial charge in [0, 0.05) is 6.20 Å². The summed E-state index contributed by atoms with van der Waals surface area (Å²) in [4.78, 5) is 13.1. The van der Waals surface area contributed by atoms with Crippen LogP contribution in [-0.2, 0) is 4.74 Å². The van der Waals surface area contributed by atoms with Gasteiger partial charge in [0.05, 0.1) is 5.69 Å². The molecule has 3 heteroatoms. The van der Waals surface area contributed by atoms with Crippen LogP contribution in [-0.4, -0.2) is 12.2 Å². The van der Waals surface area contributed by atoms with Crippen LogP contribution in [0.15, 0.2) is 55.8 Å². The van der Waals surface area contributed by atoms with E-state index >= 15 is 0 Å². The fourth-order valence-corrected chi connectivity index (χ4v) is 1.14. The van der Waals surface area contributed by atoms with Gasteiger partial charge in [0.1, 0.15) is 6.10 Å². The minimum Gasteiger partial charge on any atom is -0.442 e. The van der Waals surface area contributed by atoms with Gasteiger partial charge < -0.3 is 4.74 Å². The number of rotatable bonds is 4. The highest BCUT2D eigenvalue weighted by Crippen LogP contribution is 2.15. The SMILES string of the molecule is C=CC(C)OC(=O)N(C=C)c1ccccc1. The highest BCUT2D eigenvalue weighted by atomic mass is 16.6. The molecule has 0 heterocycles. The van der Waals surface area contributed by atoms with Crippen molar-refractivity contribution < 1.29 is 9.53 Å². The maximum atomic E-state index is 11.7. The summed E-state index contributed by atoms with van der Waals surface area (Å²) in [5.41, 5.74) is 0.721. The predicted molar refractivity (Wildman–Crippen MR) is 65.3 cm³/mol. The van der Waals surface area contributed by atoms with E-state index in [9.17, 15) is 4.79 Å². The summed E-state index contributed by atoms with van der Waals surface area (Å²) in [7, 11) is 0. The average molecular weight is 217 g/mol. The second-order valence-corrected chi connectivity index (χ2v) is 3.21. The number of hydrogen-bond acceptors (Lipinski definition) is 2. The molecule has 0 aliphatic rings. The van der Waals surface area contributed by atoms with Gasteiger partial charge in [0.15, 0.2) is 0 Å². The lowest BCUT2D eigenvalue weighted by molar-refractivity contribution is 0.137. The van der Waals surface area contributed by atoms with Crippen LogP contribution in [0, 0.1) is 0 Å². The molecule has 0 fully saturated rings. The molecule has 0 radical (unpaired) electrons. The Kier molecular flexibility index (Phi) is 4.33. The van der Waals surface area contributed by atoms with E-state index in [2.05, 4.69) is 13.2 Å². The Morgan fingerprint density at radius 3 is 2.50 bits per heavy atom. The number of carbonyl (C=O) groups excluding carboxylic acids is 1. The monoisotopic (exact) mass is 217 g/mol. The van der Waals surface area contributed by atoms with E-state index in [1.54, 1.807) is 13.0 Å². The zero-order chi connectivity index (χ0) is 12.0. The molecule has 0 saturated heterocycles. The van der Waals surface area contributed by atoms with Gasteiger partial charge in [0.2, 0.25) is 0 Å². The molecule has 16 heavy (non-hydrogen) atoms. The zero-order valence-corrected chi connectivity index (χ0v) is 9.30. The van der Waals surface area contributed by atoms with E-state index in [1.165, 1.54) is 11.1 Å². The summed E-state index contributed by atoms with van der Waals surface area (Å²) in [5.74, 6) is 0. The maximum Gasteiger partial charge on any atom is 0.419 e. The number of anilines is 1. The molecule has 0 aromatic heterocycles. The van der Waals surface area contributed by atoms with Gasteiger partial charge in [-0.3, -0.25) is 4.90 Å². The molecule has 0 aliphatic carbocycles. The van der Waals surface area contributed by atoms with E-state index in [4.69, 9.17) is 4.74 Å². The second kappa shape index (κ2) is 5.75. The summed E-state index contributed by atoms with van der Waals surface area (Å²) >= 11 is 0. The van der Waals surface area contributed by atoms with Gasteiger partial charge in [-0.05, 0) is 19.1 Å². The van der Waals surface area contributed by atoms with Gasteiger partial charge in [-0.1, -0.05) is 37.4 Å². The Morgan fingerprint density at radius 2 is 2.00 bits per heavy atom. The molecule has 1 rings (SSSR count). The molecule has 0 bridgehead atoms. The van der Waals surface area contributed by atoms with Crippen molar-refractivity contribution in [2.45, 2.75) is 13.0 Å². The van der Waals surface area contributed by atoms with Crippen LogP contribution >= 0.6 is 0 Å². The summed E-state index contributed by atoms with van der Waals surface area (Å²) < 4.78 is 5.10. The fraction of sp³-hybridized carbons (Fsp3) is 0.154. The molecule has 3 nitrogen and oxygen atoms in total. The first kappa shape index (κ1) is 12.0. The number of amides is 1. The zero-order valence-electron chi connectivity index (χ0n) is 9.30. The minimum atomic E-state index is -0.464. The van der Waals surface area contributed by atoms with Gasteiger partial charge in [-0.25, -0.2) is 4.79 Å². The van der Waals surface area contributed by atoms with Crippen LogP contribution in [0.3, 0.4) is 0 Å². The third kappa shape index (κ3) is 2.98. The first-order valence-corrected chi connectivity index (χ1v) is 4.99. The topological polar surface area (TPSA) is 29.5 Å². The lowest BCUT2D eigenvalue weighted by Gasteiger charge is -2.19. The average Bonchev–Trinajstić information content (AvgIpc) is 2.31. The standard InChI is InChI=1S/C13H15NO2/c1-4-11(3)16-13(15)14(5-2)12-9-7-6-8-10-12/h4-11H,1-2H2,3H3. The van der Waals surface area contributed by atoms with Gasteiger partial charge >= 0.3 is 6.09 Å². The maximum absolute atomic E-state index is 11.7. The van der Waals surface area contributed by atoms with Crippen LogP contribution in [0.1, 0.15) is 6.92 Å². The molecule has 84 valence electrons.